The van der Waals surface area contributed by atoms with Gasteiger partial charge in [0, 0.05) is 44.8 Å². The Kier molecular flexibility index (Phi) is 7.67. The van der Waals surface area contributed by atoms with E-state index in [4.69, 9.17) is 9.26 Å². The monoisotopic (exact) mass is 471 g/mol. The molecule has 0 atom stereocenters. The maximum absolute atomic E-state index is 13.4. The van der Waals surface area contributed by atoms with Crippen LogP contribution in [-0.4, -0.2) is 43.4 Å². The summed E-state index contributed by atoms with van der Waals surface area (Å²) in [5, 5.41) is 8.42. The zero-order valence-electron chi connectivity index (χ0n) is 20.1. The van der Waals surface area contributed by atoms with Crippen molar-refractivity contribution in [2.24, 2.45) is 17.8 Å². The van der Waals surface area contributed by atoms with E-state index in [9.17, 15) is 9.18 Å². The molecule has 0 spiro atoms. The van der Waals surface area contributed by atoms with Crippen molar-refractivity contribution >= 4 is 22.7 Å². The summed E-state index contributed by atoms with van der Waals surface area (Å²) in [5.74, 6) is 2.88. The van der Waals surface area contributed by atoms with Crippen LogP contribution in [0.25, 0.3) is 11.0 Å². The van der Waals surface area contributed by atoms with Crippen LogP contribution in [-0.2, 0) is 9.53 Å². The molecule has 1 amide bonds. The highest BCUT2D eigenvalue weighted by atomic mass is 19.1. The van der Waals surface area contributed by atoms with E-state index >= 15 is 0 Å². The van der Waals surface area contributed by atoms with Crippen molar-refractivity contribution in [1.29, 1.82) is 0 Å². The fraction of sp³-hybridized carbons (Fsp3) is 0.704. The van der Waals surface area contributed by atoms with Crippen LogP contribution in [0.3, 0.4) is 0 Å². The Morgan fingerprint density at radius 3 is 2.41 bits per heavy atom. The molecule has 7 heteroatoms. The normalized spacial score (nSPS) is 25.0. The summed E-state index contributed by atoms with van der Waals surface area (Å²) >= 11 is 0. The summed E-state index contributed by atoms with van der Waals surface area (Å²) in [7, 11) is 0. The van der Waals surface area contributed by atoms with Crippen molar-refractivity contribution in [3.05, 3.63) is 24.0 Å². The number of aromatic nitrogens is 1. The molecule has 2 saturated heterocycles. The van der Waals surface area contributed by atoms with E-state index < -0.39 is 0 Å². The van der Waals surface area contributed by atoms with Gasteiger partial charge in [-0.25, -0.2) is 4.39 Å². The number of nitrogens with zero attached hydrogens (tertiary/aromatic N) is 2. The average Bonchev–Trinajstić information content (AvgIpc) is 3.27. The number of rotatable bonds is 7. The molecular weight excluding hydrogens is 433 g/mol. The molecule has 6 nitrogen and oxygen atoms in total. The number of anilines is 1. The van der Waals surface area contributed by atoms with E-state index in [-0.39, 0.29) is 11.7 Å². The second-order valence-corrected chi connectivity index (χ2v) is 10.7. The van der Waals surface area contributed by atoms with Crippen LogP contribution in [0, 0.1) is 23.6 Å². The Labute approximate surface area is 201 Å². The predicted molar refractivity (Wildman–Crippen MR) is 130 cm³/mol. The topological polar surface area (TPSA) is 67.6 Å². The van der Waals surface area contributed by atoms with Crippen LogP contribution in [0.4, 0.5) is 10.2 Å². The Hall–Kier alpha value is -2.15. The Balaban J connectivity index is 0.992. The van der Waals surface area contributed by atoms with Gasteiger partial charge in [0.05, 0.1) is 5.39 Å². The van der Waals surface area contributed by atoms with Crippen LogP contribution >= 0.6 is 0 Å². The summed E-state index contributed by atoms with van der Waals surface area (Å²) in [4.78, 5) is 14.7. The quantitative estimate of drug-likeness (QED) is 0.581. The third-order valence-electron chi connectivity index (χ3n) is 8.34. The number of ether oxygens (including phenoxy) is 1. The molecule has 2 aromatic rings. The smallest absolute Gasteiger partial charge is 0.220 e. The largest absolute Gasteiger partial charge is 0.381 e. The third-order valence-corrected chi connectivity index (χ3v) is 8.34. The summed E-state index contributed by atoms with van der Waals surface area (Å²) in [6.07, 6.45) is 12.4. The van der Waals surface area contributed by atoms with E-state index in [1.165, 1.54) is 50.7 Å². The zero-order chi connectivity index (χ0) is 23.3. The molecule has 2 aliphatic heterocycles. The maximum Gasteiger partial charge on any atom is 0.220 e. The lowest BCUT2D eigenvalue weighted by Crippen LogP contribution is -2.39. The van der Waals surface area contributed by atoms with Crippen molar-refractivity contribution in [1.82, 2.24) is 10.5 Å². The summed E-state index contributed by atoms with van der Waals surface area (Å²) in [6.45, 7) is 3.58. The van der Waals surface area contributed by atoms with Gasteiger partial charge in [-0.15, -0.1) is 0 Å². The number of piperidine rings is 1. The van der Waals surface area contributed by atoms with Crippen molar-refractivity contribution in [2.45, 2.75) is 76.7 Å². The van der Waals surface area contributed by atoms with Gasteiger partial charge in [-0.2, -0.15) is 0 Å². The molecule has 186 valence electrons. The van der Waals surface area contributed by atoms with Crippen molar-refractivity contribution < 1.29 is 18.4 Å². The van der Waals surface area contributed by atoms with E-state index in [1.807, 2.05) is 0 Å². The van der Waals surface area contributed by atoms with Gasteiger partial charge in [0.15, 0.2) is 11.4 Å². The van der Waals surface area contributed by atoms with E-state index in [0.29, 0.717) is 24.0 Å². The highest BCUT2D eigenvalue weighted by molar-refractivity contribution is 5.88. The number of hydrogen-bond acceptors (Lipinski definition) is 5. The van der Waals surface area contributed by atoms with Crippen LogP contribution < -0.4 is 10.2 Å². The minimum Gasteiger partial charge on any atom is -0.381 e. The Morgan fingerprint density at radius 2 is 1.68 bits per heavy atom. The first kappa shape index (κ1) is 23.6. The van der Waals surface area contributed by atoms with Crippen LogP contribution in [0.15, 0.2) is 22.7 Å². The number of nitrogens with one attached hydrogen (secondary N) is 1. The molecule has 1 N–H and O–H groups in total. The van der Waals surface area contributed by atoms with Gasteiger partial charge in [0.1, 0.15) is 5.82 Å². The number of fused-ring (bicyclic) bond motifs is 1. The first-order chi connectivity index (χ1) is 16.6. The molecule has 3 aliphatic rings. The lowest BCUT2D eigenvalue weighted by Gasteiger charge is -2.34. The first-order valence-electron chi connectivity index (χ1n) is 13.3. The second-order valence-electron chi connectivity index (χ2n) is 10.7. The minimum atomic E-state index is -0.291. The molecule has 1 aliphatic carbocycles. The molecule has 5 rings (SSSR count). The van der Waals surface area contributed by atoms with Crippen LogP contribution in [0.2, 0.25) is 0 Å². The van der Waals surface area contributed by atoms with Gasteiger partial charge >= 0.3 is 0 Å². The van der Waals surface area contributed by atoms with Gasteiger partial charge in [0.25, 0.3) is 0 Å². The van der Waals surface area contributed by atoms with Gasteiger partial charge in [-0.05, 0) is 81.3 Å². The Morgan fingerprint density at radius 1 is 0.971 bits per heavy atom. The molecule has 3 heterocycles. The number of hydrogen-bond donors (Lipinski definition) is 1. The van der Waals surface area contributed by atoms with Gasteiger partial charge in [0.2, 0.25) is 5.91 Å². The minimum absolute atomic E-state index is 0.243. The highest BCUT2D eigenvalue weighted by Gasteiger charge is 2.27. The van der Waals surface area contributed by atoms with E-state index in [2.05, 4.69) is 15.4 Å². The number of amides is 1. The molecular formula is C27H38FN3O3. The molecule has 1 aromatic heterocycles. The fourth-order valence-corrected chi connectivity index (χ4v) is 6.13. The highest BCUT2D eigenvalue weighted by Crippen LogP contribution is 2.34. The van der Waals surface area contributed by atoms with Gasteiger partial charge < -0.3 is 19.5 Å². The standard InChI is InChI=1S/C27H38FN3O3/c28-22-5-8-24-25(18-22)34-30-27(24)31-13-9-20(10-14-31)2-1-19-3-6-23(7-4-19)29-26(32)17-21-11-15-33-16-12-21/h5,8,18-21,23H,1-4,6-7,9-17H2,(H,29,32)/t19-,23-. The zero-order valence-corrected chi connectivity index (χ0v) is 20.1. The molecule has 0 radical (unpaired) electrons. The average molecular weight is 472 g/mol. The fourth-order valence-electron chi connectivity index (χ4n) is 6.13. The maximum atomic E-state index is 13.4. The van der Waals surface area contributed by atoms with Crippen LogP contribution in [0.5, 0.6) is 0 Å². The molecule has 1 saturated carbocycles. The molecule has 3 fully saturated rings. The number of benzene rings is 1. The molecule has 0 bridgehead atoms. The molecule has 34 heavy (non-hydrogen) atoms. The van der Waals surface area contributed by atoms with E-state index in [1.54, 1.807) is 6.07 Å². The Bertz CT molecular complexity index is 942. The van der Waals surface area contributed by atoms with Crippen LogP contribution in [0.1, 0.15) is 70.6 Å². The summed E-state index contributed by atoms with van der Waals surface area (Å²) in [5.41, 5.74) is 0.521. The molecule has 0 unspecified atom stereocenters. The molecule has 1 aromatic carbocycles. The first-order valence-corrected chi connectivity index (χ1v) is 13.3. The van der Waals surface area contributed by atoms with E-state index in [0.717, 1.165) is 75.0 Å². The lowest BCUT2D eigenvalue weighted by molar-refractivity contribution is -0.123. The third kappa shape index (κ3) is 5.91. The SMILES string of the molecule is O=C(CC1CCOCC1)N[C@H]1CC[C@H](CCC2CCN(c3noc4cc(F)ccc34)CC2)CC1. The summed E-state index contributed by atoms with van der Waals surface area (Å²) in [6, 6.07) is 5.02. The number of carbonyl (C=O) groups is 1. The van der Waals surface area contributed by atoms with Gasteiger partial charge in [-0.3, -0.25) is 4.79 Å². The number of carbonyl (C=O) groups excluding carboxylic acids is 1. The number of halogens is 1. The van der Waals surface area contributed by atoms with Crippen molar-refractivity contribution in [3.63, 3.8) is 0 Å². The lowest BCUT2D eigenvalue weighted by atomic mass is 9.80. The van der Waals surface area contributed by atoms with Crippen molar-refractivity contribution in [3.8, 4) is 0 Å². The summed E-state index contributed by atoms with van der Waals surface area (Å²) < 4.78 is 24.2. The second kappa shape index (κ2) is 11.1. The van der Waals surface area contributed by atoms with Crippen molar-refractivity contribution in [2.75, 3.05) is 31.2 Å². The van der Waals surface area contributed by atoms with Gasteiger partial charge in [-0.1, -0.05) is 18.0 Å². The predicted octanol–water partition coefficient (Wildman–Crippen LogP) is 5.46.